The average Bonchev–Trinajstić information content (AvgIpc) is 3.24. The lowest BCUT2D eigenvalue weighted by Gasteiger charge is -2.20. The summed E-state index contributed by atoms with van der Waals surface area (Å²) in [5.74, 6) is -9.02. The Morgan fingerprint density at radius 3 is 1.90 bits per heavy atom. The molecule has 0 amide bonds. The van der Waals surface area contributed by atoms with Crippen LogP contribution in [0.5, 0.6) is 0 Å². The van der Waals surface area contributed by atoms with Crippen molar-refractivity contribution in [3.63, 3.8) is 0 Å². The van der Waals surface area contributed by atoms with Crippen molar-refractivity contribution in [3.8, 4) is 0 Å². The van der Waals surface area contributed by atoms with E-state index in [1.165, 1.54) is 0 Å². The molecule has 1 aliphatic rings. The normalized spacial score (nSPS) is 16.5. The van der Waals surface area contributed by atoms with Crippen LogP contribution in [0.4, 0.5) is 22.0 Å². The van der Waals surface area contributed by atoms with Gasteiger partial charge in [0.05, 0.1) is 0 Å². The van der Waals surface area contributed by atoms with Gasteiger partial charge in [-0.1, -0.05) is 19.8 Å². The largest absolute Gasteiger partial charge is 0.310 e. The average molecular weight is 293 g/mol. The Morgan fingerprint density at radius 1 is 0.950 bits per heavy atom. The van der Waals surface area contributed by atoms with Crippen molar-refractivity contribution >= 4 is 0 Å². The predicted molar refractivity (Wildman–Crippen MR) is 64.6 cm³/mol. The fraction of sp³-hybridized carbons (Fsp3) is 0.571. The maximum atomic E-state index is 13.8. The van der Waals surface area contributed by atoms with E-state index in [9.17, 15) is 22.0 Å². The molecule has 1 fully saturated rings. The molecule has 1 aromatic carbocycles. The minimum atomic E-state index is -2.11. The van der Waals surface area contributed by atoms with E-state index in [1.807, 2.05) is 6.92 Å². The first-order chi connectivity index (χ1) is 9.47. The van der Waals surface area contributed by atoms with Gasteiger partial charge in [-0.25, -0.2) is 22.0 Å². The Labute approximate surface area is 114 Å². The summed E-state index contributed by atoms with van der Waals surface area (Å²) in [6, 6.07) is -0.841. The number of hydrogen-bond donors (Lipinski definition) is 1. The Balaban J connectivity index is 2.40. The van der Waals surface area contributed by atoms with Crippen molar-refractivity contribution in [3.05, 3.63) is 34.6 Å². The second kappa shape index (κ2) is 6.08. The van der Waals surface area contributed by atoms with Crippen molar-refractivity contribution < 1.29 is 22.0 Å². The molecule has 112 valence electrons. The summed E-state index contributed by atoms with van der Waals surface area (Å²) < 4.78 is 67.1. The van der Waals surface area contributed by atoms with Crippen LogP contribution in [0, 0.1) is 35.0 Å². The molecular formula is C14H16F5N. The lowest BCUT2D eigenvalue weighted by molar-refractivity contribution is 0.348. The van der Waals surface area contributed by atoms with Crippen molar-refractivity contribution in [1.82, 2.24) is 5.32 Å². The van der Waals surface area contributed by atoms with Crippen molar-refractivity contribution in [2.45, 2.75) is 38.6 Å². The van der Waals surface area contributed by atoms with Crippen LogP contribution >= 0.6 is 0 Å². The number of nitrogens with one attached hydrogen (secondary N) is 1. The van der Waals surface area contributed by atoms with E-state index in [4.69, 9.17) is 0 Å². The number of rotatable bonds is 6. The van der Waals surface area contributed by atoms with Crippen LogP contribution in [0.2, 0.25) is 0 Å². The van der Waals surface area contributed by atoms with Crippen molar-refractivity contribution in [2.75, 3.05) is 6.54 Å². The SMILES string of the molecule is CCCNC(CC1CC1)c1c(F)c(F)c(F)c(F)c1F. The highest BCUT2D eigenvalue weighted by atomic mass is 19.2. The zero-order chi connectivity index (χ0) is 14.9. The van der Waals surface area contributed by atoms with Crippen LogP contribution in [0.1, 0.15) is 44.2 Å². The van der Waals surface area contributed by atoms with E-state index in [0.717, 1.165) is 12.8 Å². The molecule has 1 saturated carbocycles. The molecule has 0 saturated heterocycles. The second-order valence-electron chi connectivity index (χ2n) is 5.17. The predicted octanol–water partition coefficient (Wildman–Crippen LogP) is 4.22. The number of benzene rings is 1. The molecule has 0 aliphatic heterocycles. The van der Waals surface area contributed by atoms with E-state index >= 15 is 0 Å². The quantitative estimate of drug-likeness (QED) is 0.470. The lowest BCUT2D eigenvalue weighted by atomic mass is 9.99. The van der Waals surface area contributed by atoms with E-state index in [-0.39, 0.29) is 0 Å². The summed E-state index contributed by atoms with van der Waals surface area (Å²) in [5.41, 5.74) is -0.734. The fourth-order valence-electron chi connectivity index (χ4n) is 2.24. The van der Waals surface area contributed by atoms with Gasteiger partial charge in [0.2, 0.25) is 5.82 Å². The summed E-state index contributed by atoms with van der Waals surface area (Å²) in [7, 11) is 0. The molecule has 2 rings (SSSR count). The Hall–Kier alpha value is -1.17. The van der Waals surface area contributed by atoms with Crippen LogP contribution in [0.25, 0.3) is 0 Å². The van der Waals surface area contributed by atoms with Gasteiger partial charge in [0.1, 0.15) is 0 Å². The van der Waals surface area contributed by atoms with Gasteiger partial charge >= 0.3 is 0 Å². The summed E-state index contributed by atoms with van der Waals surface area (Å²) in [5, 5.41) is 2.88. The van der Waals surface area contributed by atoms with Crippen LogP contribution in [0.15, 0.2) is 0 Å². The summed E-state index contributed by atoms with van der Waals surface area (Å²) in [6.07, 6.45) is 2.95. The number of halogens is 5. The van der Waals surface area contributed by atoms with E-state index < -0.39 is 40.7 Å². The third-order valence-electron chi connectivity index (χ3n) is 3.50. The fourth-order valence-corrected chi connectivity index (χ4v) is 2.24. The van der Waals surface area contributed by atoms with E-state index in [1.54, 1.807) is 0 Å². The van der Waals surface area contributed by atoms with Gasteiger partial charge < -0.3 is 5.32 Å². The molecule has 20 heavy (non-hydrogen) atoms. The van der Waals surface area contributed by atoms with Crippen LogP contribution < -0.4 is 5.32 Å². The standard InChI is InChI=1S/C14H16F5N/c1-2-5-20-8(6-7-3-4-7)9-10(15)12(17)14(19)13(18)11(9)16/h7-8,20H,2-6H2,1H3. The highest BCUT2D eigenvalue weighted by Gasteiger charge is 2.33. The Bertz CT molecular complexity index is 470. The molecule has 1 atom stereocenters. The van der Waals surface area contributed by atoms with Crippen molar-refractivity contribution in [2.24, 2.45) is 5.92 Å². The minimum absolute atomic E-state index is 0.291. The van der Waals surface area contributed by atoms with Gasteiger partial charge in [-0.05, 0) is 25.3 Å². The molecule has 1 N–H and O–H groups in total. The maximum Gasteiger partial charge on any atom is 0.200 e. The molecule has 0 bridgehead atoms. The first-order valence-electron chi connectivity index (χ1n) is 6.72. The van der Waals surface area contributed by atoms with Gasteiger partial charge in [-0.15, -0.1) is 0 Å². The first-order valence-corrected chi connectivity index (χ1v) is 6.72. The molecular weight excluding hydrogens is 277 g/mol. The Kier molecular flexibility index (Phi) is 4.62. The van der Waals surface area contributed by atoms with Crippen molar-refractivity contribution in [1.29, 1.82) is 0 Å². The summed E-state index contributed by atoms with van der Waals surface area (Å²) in [4.78, 5) is 0. The molecule has 0 heterocycles. The lowest BCUT2D eigenvalue weighted by Crippen LogP contribution is -2.26. The third-order valence-corrected chi connectivity index (χ3v) is 3.50. The smallest absolute Gasteiger partial charge is 0.200 e. The highest BCUT2D eigenvalue weighted by Crippen LogP contribution is 2.39. The monoisotopic (exact) mass is 293 g/mol. The van der Waals surface area contributed by atoms with Crippen LogP contribution in [-0.4, -0.2) is 6.54 Å². The van der Waals surface area contributed by atoms with Gasteiger partial charge in [-0.2, -0.15) is 0 Å². The highest BCUT2D eigenvalue weighted by molar-refractivity contribution is 5.27. The molecule has 1 unspecified atom stereocenters. The zero-order valence-corrected chi connectivity index (χ0v) is 11.1. The Morgan fingerprint density at radius 2 is 1.45 bits per heavy atom. The zero-order valence-electron chi connectivity index (χ0n) is 11.1. The van der Waals surface area contributed by atoms with E-state index in [0.29, 0.717) is 25.3 Å². The topological polar surface area (TPSA) is 12.0 Å². The third kappa shape index (κ3) is 2.95. The molecule has 0 spiro atoms. The first kappa shape index (κ1) is 15.2. The molecule has 6 heteroatoms. The summed E-state index contributed by atoms with van der Waals surface area (Å²) >= 11 is 0. The number of hydrogen-bond acceptors (Lipinski definition) is 1. The molecule has 0 radical (unpaired) electrons. The second-order valence-corrected chi connectivity index (χ2v) is 5.17. The van der Waals surface area contributed by atoms with Crippen LogP contribution in [-0.2, 0) is 0 Å². The van der Waals surface area contributed by atoms with Gasteiger partial charge in [0.25, 0.3) is 0 Å². The van der Waals surface area contributed by atoms with E-state index in [2.05, 4.69) is 5.32 Å². The molecule has 0 aromatic heterocycles. The summed E-state index contributed by atoms with van der Waals surface area (Å²) in [6.45, 7) is 2.32. The van der Waals surface area contributed by atoms with Gasteiger partial charge in [0.15, 0.2) is 23.3 Å². The molecule has 1 aromatic rings. The van der Waals surface area contributed by atoms with Gasteiger partial charge in [0, 0.05) is 11.6 Å². The maximum absolute atomic E-state index is 13.8. The molecule has 1 aliphatic carbocycles. The molecule has 1 nitrogen and oxygen atoms in total. The van der Waals surface area contributed by atoms with Crippen LogP contribution in [0.3, 0.4) is 0 Å². The minimum Gasteiger partial charge on any atom is -0.310 e. The van der Waals surface area contributed by atoms with Gasteiger partial charge in [-0.3, -0.25) is 0 Å².